The summed E-state index contributed by atoms with van der Waals surface area (Å²) >= 11 is 0. The molecule has 3 aliphatic rings. The van der Waals surface area contributed by atoms with Crippen LogP contribution in [0.25, 0.3) is 0 Å². The molecule has 5 rings (SSSR count). The van der Waals surface area contributed by atoms with Crippen LogP contribution in [0.4, 0.5) is 13.2 Å². The molecular formula is C29H34F3N5O3. The van der Waals surface area contributed by atoms with Crippen molar-refractivity contribution in [1.29, 1.82) is 0 Å². The Morgan fingerprint density at radius 1 is 0.900 bits per heavy atom. The van der Waals surface area contributed by atoms with E-state index in [2.05, 4.69) is 20.5 Å². The number of nitrogens with one attached hydrogen (secondary N) is 2. The highest BCUT2D eigenvalue weighted by Gasteiger charge is 2.47. The molecule has 8 nitrogen and oxygen atoms in total. The molecule has 2 aromatic rings. The second kappa shape index (κ2) is 12.0. The molecule has 3 amide bonds. The van der Waals surface area contributed by atoms with Gasteiger partial charge < -0.3 is 15.5 Å². The highest BCUT2D eigenvalue weighted by molar-refractivity contribution is 5.96. The summed E-state index contributed by atoms with van der Waals surface area (Å²) in [6.45, 7) is 1.66. The van der Waals surface area contributed by atoms with Gasteiger partial charge in [-0.1, -0.05) is 12.1 Å². The van der Waals surface area contributed by atoms with Crippen molar-refractivity contribution >= 4 is 17.7 Å². The van der Waals surface area contributed by atoms with Crippen molar-refractivity contribution in [2.75, 3.05) is 19.6 Å². The lowest BCUT2D eigenvalue weighted by molar-refractivity contribution is -0.137. The number of fused-ring (bicyclic) bond motifs is 1. The number of hydrogen-bond acceptors (Lipinski definition) is 5. The summed E-state index contributed by atoms with van der Waals surface area (Å²) in [7, 11) is 0. The first-order chi connectivity index (χ1) is 19.2. The van der Waals surface area contributed by atoms with Crippen molar-refractivity contribution in [3.63, 3.8) is 0 Å². The summed E-state index contributed by atoms with van der Waals surface area (Å²) in [5.41, 5.74) is -0.197. The van der Waals surface area contributed by atoms with Gasteiger partial charge in [0.25, 0.3) is 5.91 Å². The summed E-state index contributed by atoms with van der Waals surface area (Å²) in [6, 6.07) is 10.5. The minimum Gasteiger partial charge on any atom is -0.350 e. The Kier molecular flexibility index (Phi) is 8.39. The smallest absolute Gasteiger partial charge is 0.350 e. The first-order valence-electron chi connectivity index (χ1n) is 13.9. The summed E-state index contributed by atoms with van der Waals surface area (Å²) in [5.74, 6) is -0.847. The average Bonchev–Trinajstić information content (AvgIpc) is 3.57. The molecule has 3 heterocycles. The predicted molar refractivity (Wildman–Crippen MR) is 141 cm³/mol. The van der Waals surface area contributed by atoms with Gasteiger partial charge in [0.15, 0.2) is 0 Å². The number of likely N-dealkylation sites (tertiary alicyclic amines) is 2. The standard InChI is InChI=1S/C29H34F3N5O3/c30-29(31,32)21-5-3-4-20(16-21)28(40)35-18-26(38)37-15-12-24-25(37)11-14-36(24)23-9-7-19(8-10-23)27(39)34-17-22-6-1-2-13-33-22/h1-6,13,16,19,23-25H,7-12,14-15,17-18H2,(H,34,39)(H,35,40)/t19-,23+,24-,25-/m0/s1. The van der Waals surface area contributed by atoms with Gasteiger partial charge in [0.2, 0.25) is 11.8 Å². The molecule has 2 aliphatic heterocycles. The quantitative estimate of drug-likeness (QED) is 0.545. The largest absolute Gasteiger partial charge is 0.416 e. The number of pyridine rings is 1. The zero-order valence-electron chi connectivity index (χ0n) is 22.2. The van der Waals surface area contributed by atoms with E-state index in [0.29, 0.717) is 19.1 Å². The van der Waals surface area contributed by atoms with Crippen LogP contribution in [0.3, 0.4) is 0 Å². The maximum atomic E-state index is 13.0. The number of rotatable bonds is 7. The molecule has 214 valence electrons. The molecular weight excluding hydrogens is 523 g/mol. The first-order valence-corrected chi connectivity index (χ1v) is 13.9. The number of halogens is 3. The Balaban J connectivity index is 1.08. The van der Waals surface area contributed by atoms with E-state index < -0.39 is 17.6 Å². The van der Waals surface area contributed by atoms with Crippen LogP contribution in [-0.4, -0.2) is 70.3 Å². The summed E-state index contributed by atoms with van der Waals surface area (Å²) < 4.78 is 38.9. The van der Waals surface area contributed by atoms with Crippen LogP contribution < -0.4 is 10.6 Å². The molecule has 11 heteroatoms. The van der Waals surface area contributed by atoms with E-state index in [0.717, 1.165) is 62.9 Å². The maximum Gasteiger partial charge on any atom is 0.416 e. The molecule has 1 saturated carbocycles. The predicted octanol–water partition coefficient (Wildman–Crippen LogP) is 3.38. The molecule has 0 unspecified atom stereocenters. The first kappa shape index (κ1) is 28.1. The van der Waals surface area contributed by atoms with Crippen molar-refractivity contribution in [3.8, 4) is 0 Å². The summed E-state index contributed by atoms with van der Waals surface area (Å²) in [5, 5.41) is 5.50. The van der Waals surface area contributed by atoms with Gasteiger partial charge in [-0.05, 0) is 68.9 Å². The van der Waals surface area contributed by atoms with Crippen LogP contribution in [0.1, 0.15) is 60.1 Å². The van der Waals surface area contributed by atoms with Gasteiger partial charge >= 0.3 is 6.18 Å². The Morgan fingerprint density at radius 3 is 2.40 bits per heavy atom. The highest BCUT2D eigenvalue weighted by Crippen LogP contribution is 2.38. The highest BCUT2D eigenvalue weighted by atomic mass is 19.4. The molecule has 2 N–H and O–H groups in total. The molecule has 1 aliphatic carbocycles. The zero-order valence-corrected chi connectivity index (χ0v) is 22.2. The minimum atomic E-state index is -4.54. The summed E-state index contributed by atoms with van der Waals surface area (Å²) in [4.78, 5) is 46.7. The van der Waals surface area contributed by atoms with Crippen LogP contribution in [0.15, 0.2) is 48.7 Å². The third kappa shape index (κ3) is 6.29. The SMILES string of the molecule is O=C(NCC(=O)N1CC[C@H]2[C@@H]1CCN2[C@H]1CC[C@@H](C(=O)NCc2ccccn2)CC1)c1cccc(C(F)(F)F)c1. The molecule has 2 saturated heterocycles. The van der Waals surface area contributed by atoms with Gasteiger partial charge in [-0.2, -0.15) is 13.2 Å². The van der Waals surface area contributed by atoms with E-state index in [9.17, 15) is 27.6 Å². The lowest BCUT2D eigenvalue weighted by Crippen LogP contribution is -2.47. The minimum absolute atomic E-state index is 0.000420. The van der Waals surface area contributed by atoms with Crippen LogP contribution in [0, 0.1) is 5.92 Å². The van der Waals surface area contributed by atoms with E-state index in [-0.39, 0.29) is 41.9 Å². The third-order valence-electron chi connectivity index (χ3n) is 8.50. The molecule has 1 aromatic heterocycles. The zero-order chi connectivity index (χ0) is 28.3. The lowest BCUT2D eigenvalue weighted by Gasteiger charge is -2.37. The molecule has 2 atom stereocenters. The van der Waals surface area contributed by atoms with Gasteiger partial charge in [-0.3, -0.25) is 24.3 Å². The third-order valence-corrected chi connectivity index (χ3v) is 8.50. The molecule has 3 fully saturated rings. The van der Waals surface area contributed by atoms with Crippen molar-refractivity contribution in [1.82, 2.24) is 25.4 Å². The normalized spacial score (nSPS) is 24.9. The van der Waals surface area contributed by atoms with Crippen molar-refractivity contribution in [2.24, 2.45) is 5.92 Å². The molecule has 1 aromatic carbocycles. The monoisotopic (exact) mass is 557 g/mol. The van der Waals surface area contributed by atoms with Crippen LogP contribution >= 0.6 is 0 Å². The topological polar surface area (TPSA) is 94.6 Å². The van der Waals surface area contributed by atoms with E-state index in [1.165, 1.54) is 12.1 Å². The number of alkyl halides is 3. The van der Waals surface area contributed by atoms with Crippen molar-refractivity contribution in [2.45, 2.75) is 69.4 Å². The van der Waals surface area contributed by atoms with Crippen molar-refractivity contribution < 1.29 is 27.6 Å². The molecule has 0 bridgehead atoms. The molecule has 40 heavy (non-hydrogen) atoms. The second-order valence-electron chi connectivity index (χ2n) is 10.8. The Labute approximate surface area is 231 Å². The van der Waals surface area contributed by atoms with E-state index in [4.69, 9.17) is 0 Å². The fourth-order valence-corrected chi connectivity index (χ4v) is 6.47. The lowest BCUT2D eigenvalue weighted by atomic mass is 9.84. The average molecular weight is 558 g/mol. The van der Waals surface area contributed by atoms with E-state index in [1.54, 1.807) is 6.20 Å². The Morgan fingerprint density at radius 2 is 1.68 bits per heavy atom. The summed E-state index contributed by atoms with van der Waals surface area (Å²) in [6.07, 6.45) is 2.40. The maximum absolute atomic E-state index is 13.0. The van der Waals surface area contributed by atoms with E-state index >= 15 is 0 Å². The number of aromatic nitrogens is 1. The Hall–Kier alpha value is -3.47. The van der Waals surface area contributed by atoms with Crippen LogP contribution in [-0.2, 0) is 22.3 Å². The van der Waals surface area contributed by atoms with Gasteiger partial charge in [-0.25, -0.2) is 0 Å². The van der Waals surface area contributed by atoms with Crippen LogP contribution in [0.2, 0.25) is 0 Å². The van der Waals surface area contributed by atoms with Gasteiger partial charge in [-0.15, -0.1) is 0 Å². The van der Waals surface area contributed by atoms with Crippen molar-refractivity contribution in [3.05, 3.63) is 65.5 Å². The second-order valence-corrected chi connectivity index (χ2v) is 10.8. The number of carbonyl (C=O) groups excluding carboxylic acids is 3. The van der Waals surface area contributed by atoms with Crippen LogP contribution in [0.5, 0.6) is 0 Å². The number of carbonyl (C=O) groups is 3. The molecule has 0 radical (unpaired) electrons. The fourth-order valence-electron chi connectivity index (χ4n) is 6.47. The van der Waals surface area contributed by atoms with Gasteiger partial charge in [0.05, 0.1) is 24.3 Å². The number of amides is 3. The van der Waals surface area contributed by atoms with Gasteiger partial charge in [0, 0.05) is 48.9 Å². The number of hydrogen-bond donors (Lipinski definition) is 2. The Bertz CT molecular complexity index is 1220. The molecule has 0 spiro atoms. The van der Waals surface area contributed by atoms with Gasteiger partial charge in [0.1, 0.15) is 0 Å². The number of benzene rings is 1. The van der Waals surface area contributed by atoms with E-state index in [1.807, 2.05) is 23.1 Å². The fraction of sp³-hybridized carbons (Fsp3) is 0.517. The number of nitrogens with zero attached hydrogens (tertiary/aromatic N) is 3.